The summed E-state index contributed by atoms with van der Waals surface area (Å²) in [5.41, 5.74) is 4.87. The molecule has 0 aliphatic carbocycles. The average Bonchev–Trinajstić information content (AvgIpc) is 2.17. The Kier molecular flexibility index (Phi) is 3.91. The van der Waals surface area contributed by atoms with E-state index < -0.39 is 19.3 Å². The molecule has 0 heterocycles. The van der Waals surface area contributed by atoms with Crippen molar-refractivity contribution in [3.8, 4) is 5.75 Å². The molecule has 1 aromatic carbocycles. The van der Waals surface area contributed by atoms with E-state index in [1.54, 1.807) is 18.2 Å². The van der Waals surface area contributed by atoms with Crippen LogP contribution in [0.15, 0.2) is 30.3 Å². The van der Waals surface area contributed by atoms with Gasteiger partial charge in [0.15, 0.2) is 0 Å². The Hall–Kier alpha value is -0.830. The van der Waals surface area contributed by atoms with Crippen LogP contribution in [0.25, 0.3) is 0 Å². The van der Waals surface area contributed by atoms with E-state index in [1.165, 1.54) is 34.7 Å². The predicted molar refractivity (Wildman–Crippen MR) is 63.0 cm³/mol. The number of hydrogen-bond acceptors (Lipinski definition) is 4. The molecule has 1 aromatic rings. The molecule has 2 N–H and O–H groups in total. The molecule has 0 aromatic heterocycles. The summed E-state index contributed by atoms with van der Waals surface area (Å²) in [4.78, 5) is 10.7. The van der Waals surface area contributed by atoms with Crippen molar-refractivity contribution in [1.29, 1.82) is 0 Å². The maximum absolute atomic E-state index is 11.4. The number of carbonyl (C=O) groups excluding carboxylic acids is 1. The summed E-state index contributed by atoms with van der Waals surface area (Å²) in [5.74, 6) is -0.799. The van der Waals surface area contributed by atoms with Crippen molar-refractivity contribution in [3.05, 3.63) is 30.3 Å². The highest BCUT2D eigenvalue weighted by Crippen LogP contribution is 2.17. The molecule has 0 aliphatic rings. The Morgan fingerprint density at radius 2 is 1.87 bits per heavy atom. The van der Waals surface area contributed by atoms with Crippen LogP contribution in [-0.4, -0.2) is 17.6 Å². The van der Waals surface area contributed by atoms with Gasteiger partial charge < -0.3 is 9.92 Å². The summed E-state index contributed by atoms with van der Waals surface area (Å²) < 4.78 is 26.1. The molecule has 15 heavy (non-hydrogen) atoms. The number of primary amides is 1. The number of benzene rings is 1. The molecule has 0 bridgehead atoms. The first-order chi connectivity index (χ1) is 6.93. The SMILES string of the molecule is NC(=O)C(I)S(=O)(=O)Oc1ccccc1. The third-order valence-corrected chi connectivity index (χ3v) is 5.08. The smallest absolute Gasteiger partial charge is 0.330 e. The van der Waals surface area contributed by atoms with Crippen molar-refractivity contribution < 1.29 is 17.4 Å². The van der Waals surface area contributed by atoms with Crippen molar-refractivity contribution in [2.24, 2.45) is 5.73 Å². The van der Waals surface area contributed by atoms with Crippen LogP contribution in [0.5, 0.6) is 5.75 Å². The first-order valence-corrected chi connectivity index (χ1v) is 6.57. The molecule has 7 heteroatoms. The highest BCUT2D eigenvalue weighted by molar-refractivity contribution is 14.1. The second-order valence-corrected chi connectivity index (χ2v) is 6.32. The fraction of sp³-hybridized carbons (Fsp3) is 0.125. The van der Waals surface area contributed by atoms with E-state index in [4.69, 9.17) is 5.73 Å². The summed E-state index contributed by atoms with van der Waals surface area (Å²) in [7, 11) is -4.00. The third kappa shape index (κ3) is 3.34. The number of halogens is 1. The van der Waals surface area contributed by atoms with Crippen molar-refractivity contribution in [3.63, 3.8) is 0 Å². The Labute approximate surface area is 101 Å². The van der Waals surface area contributed by atoms with Gasteiger partial charge in [-0.25, -0.2) is 0 Å². The van der Waals surface area contributed by atoms with Gasteiger partial charge in [-0.05, 0) is 12.1 Å². The summed E-state index contributed by atoms with van der Waals surface area (Å²) in [5, 5.41) is 0. The van der Waals surface area contributed by atoms with Crippen molar-refractivity contribution in [2.45, 2.75) is 3.26 Å². The van der Waals surface area contributed by atoms with Gasteiger partial charge in [0.2, 0.25) is 9.16 Å². The number of amides is 1. The lowest BCUT2D eigenvalue weighted by Crippen LogP contribution is -2.33. The van der Waals surface area contributed by atoms with E-state index in [2.05, 4.69) is 4.18 Å². The Morgan fingerprint density at radius 3 is 2.33 bits per heavy atom. The normalized spacial score (nSPS) is 13.1. The van der Waals surface area contributed by atoms with E-state index in [-0.39, 0.29) is 5.75 Å². The molecule has 0 aliphatic heterocycles. The Morgan fingerprint density at radius 1 is 1.33 bits per heavy atom. The molecular weight excluding hydrogens is 333 g/mol. The predicted octanol–water partition coefficient (Wildman–Crippen LogP) is 0.642. The molecule has 0 fully saturated rings. The largest absolute Gasteiger partial charge is 0.381 e. The van der Waals surface area contributed by atoms with Crippen LogP contribution in [-0.2, 0) is 14.9 Å². The molecular formula is C8H8INO4S. The Bertz CT molecular complexity index is 445. The quantitative estimate of drug-likeness (QED) is 0.495. The number of hydrogen-bond donors (Lipinski definition) is 1. The van der Waals surface area contributed by atoms with Crippen LogP contribution in [0, 0.1) is 0 Å². The van der Waals surface area contributed by atoms with Gasteiger partial charge in [0.25, 0.3) is 0 Å². The van der Waals surface area contributed by atoms with Gasteiger partial charge in [0, 0.05) is 0 Å². The maximum Gasteiger partial charge on any atom is 0.330 e. The van der Waals surface area contributed by atoms with Gasteiger partial charge in [0.05, 0.1) is 0 Å². The minimum absolute atomic E-state index is 0.153. The lowest BCUT2D eigenvalue weighted by Gasteiger charge is -2.08. The minimum atomic E-state index is -4.00. The molecule has 5 nitrogen and oxygen atoms in total. The van der Waals surface area contributed by atoms with Crippen LogP contribution in [0.2, 0.25) is 0 Å². The molecule has 1 unspecified atom stereocenters. The van der Waals surface area contributed by atoms with Crippen LogP contribution < -0.4 is 9.92 Å². The van der Waals surface area contributed by atoms with Gasteiger partial charge in [-0.15, -0.1) is 0 Å². The number of alkyl halides is 1. The van der Waals surface area contributed by atoms with Crippen molar-refractivity contribution in [2.75, 3.05) is 0 Å². The van der Waals surface area contributed by atoms with Gasteiger partial charge >= 0.3 is 10.1 Å². The minimum Gasteiger partial charge on any atom is -0.381 e. The van der Waals surface area contributed by atoms with E-state index >= 15 is 0 Å². The number of nitrogens with two attached hydrogens (primary N) is 1. The van der Waals surface area contributed by atoms with E-state index in [0.29, 0.717) is 0 Å². The van der Waals surface area contributed by atoms with Gasteiger partial charge in [-0.2, -0.15) is 8.42 Å². The number of para-hydroxylation sites is 1. The summed E-state index contributed by atoms with van der Waals surface area (Å²) in [6, 6.07) is 7.91. The first kappa shape index (κ1) is 12.2. The lowest BCUT2D eigenvalue weighted by atomic mass is 10.3. The summed E-state index contributed by atoms with van der Waals surface area (Å²) in [6.45, 7) is 0. The third-order valence-electron chi connectivity index (χ3n) is 1.43. The van der Waals surface area contributed by atoms with Crippen LogP contribution in [0.1, 0.15) is 0 Å². The van der Waals surface area contributed by atoms with E-state index in [0.717, 1.165) is 0 Å². The second kappa shape index (κ2) is 4.79. The van der Waals surface area contributed by atoms with E-state index in [9.17, 15) is 13.2 Å². The Balaban J connectivity index is 2.87. The van der Waals surface area contributed by atoms with Crippen LogP contribution in [0.4, 0.5) is 0 Å². The summed E-state index contributed by atoms with van der Waals surface area (Å²) >= 11 is 1.41. The summed E-state index contributed by atoms with van der Waals surface area (Å²) in [6.07, 6.45) is 0. The molecule has 82 valence electrons. The maximum atomic E-state index is 11.4. The molecule has 1 atom stereocenters. The van der Waals surface area contributed by atoms with Crippen LogP contribution in [0.3, 0.4) is 0 Å². The monoisotopic (exact) mass is 341 g/mol. The molecule has 0 saturated carbocycles. The molecule has 1 rings (SSSR count). The van der Waals surface area contributed by atoms with Crippen molar-refractivity contribution in [1.82, 2.24) is 0 Å². The molecule has 1 amide bonds. The zero-order valence-corrected chi connectivity index (χ0v) is 10.4. The molecule has 0 spiro atoms. The zero-order valence-electron chi connectivity index (χ0n) is 7.46. The van der Waals surface area contributed by atoms with Gasteiger partial charge in [-0.1, -0.05) is 40.8 Å². The molecule has 0 saturated heterocycles. The number of carbonyl (C=O) groups is 1. The highest BCUT2D eigenvalue weighted by atomic mass is 127. The van der Waals surface area contributed by atoms with Crippen LogP contribution >= 0.6 is 22.6 Å². The number of rotatable bonds is 4. The van der Waals surface area contributed by atoms with Gasteiger partial charge in [-0.3, -0.25) is 4.79 Å². The van der Waals surface area contributed by atoms with E-state index in [1.807, 2.05) is 0 Å². The highest BCUT2D eigenvalue weighted by Gasteiger charge is 2.29. The molecule has 0 radical (unpaired) electrons. The zero-order chi connectivity index (χ0) is 11.5. The second-order valence-electron chi connectivity index (χ2n) is 2.61. The average molecular weight is 341 g/mol. The van der Waals surface area contributed by atoms with Gasteiger partial charge in [0.1, 0.15) is 5.75 Å². The fourth-order valence-electron chi connectivity index (χ4n) is 0.795. The fourth-order valence-corrected chi connectivity index (χ4v) is 1.85. The van der Waals surface area contributed by atoms with Crippen molar-refractivity contribution >= 4 is 38.6 Å². The first-order valence-electron chi connectivity index (χ1n) is 3.85. The lowest BCUT2D eigenvalue weighted by molar-refractivity contribution is -0.116. The standard InChI is InChI=1S/C8H8INO4S/c9-7(8(10)11)15(12,13)14-6-4-2-1-3-5-6/h1-5,7H,(H2,10,11). The topological polar surface area (TPSA) is 86.5 Å².